The molecule has 8 nitrogen and oxygen atoms in total. The van der Waals surface area contributed by atoms with Crippen molar-refractivity contribution in [3.05, 3.63) is 21.8 Å². The van der Waals surface area contributed by atoms with E-state index in [2.05, 4.69) is 5.32 Å². The highest BCUT2D eigenvalue weighted by Gasteiger charge is 2.40. The first-order valence-electron chi connectivity index (χ1n) is 8.20. The number of hydrogen-bond donors (Lipinski definition) is 1. The van der Waals surface area contributed by atoms with Crippen LogP contribution in [0.25, 0.3) is 0 Å². The number of halogens is 1. The van der Waals surface area contributed by atoms with Gasteiger partial charge in [0.15, 0.2) is 5.11 Å². The minimum atomic E-state index is -1.10. The number of carbonyl (C=O) groups excluding carboxylic acids is 2. The lowest BCUT2D eigenvalue weighted by Gasteiger charge is -2.38. The Morgan fingerprint density at radius 1 is 1.24 bits per heavy atom. The number of hydrogen-bond acceptors (Lipinski definition) is 6. The summed E-state index contributed by atoms with van der Waals surface area (Å²) in [6.45, 7) is 0. The fourth-order valence-electron chi connectivity index (χ4n) is 3.42. The van der Waals surface area contributed by atoms with E-state index >= 15 is 0 Å². The predicted octanol–water partition coefficient (Wildman–Crippen LogP) is 1.49. The van der Waals surface area contributed by atoms with Crippen molar-refractivity contribution in [1.29, 1.82) is 0 Å². The van der Waals surface area contributed by atoms with E-state index in [9.17, 15) is 19.7 Å². The van der Waals surface area contributed by atoms with Gasteiger partial charge in [0, 0.05) is 17.8 Å². The van der Waals surface area contributed by atoms with E-state index in [1.165, 1.54) is 11.0 Å². The summed E-state index contributed by atoms with van der Waals surface area (Å²) >= 11 is 11.3. The molecule has 3 aliphatic rings. The standard InChI is InChI=1S/C15H18ClN3O5S/c16-8-1-3-9(4-2-8)18-14(21)11(13(20)17-15(18)25)7-10-5-6-12(24-10)19(22)23/h7-10,12H,1-6H2,(H,17,20,25)/b11-7-. The van der Waals surface area contributed by atoms with Crippen molar-refractivity contribution in [2.45, 2.75) is 62.3 Å². The van der Waals surface area contributed by atoms with Crippen molar-refractivity contribution in [1.82, 2.24) is 10.2 Å². The van der Waals surface area contributed by atoms with Crippen molar-refractivity contribution in [2.24, 2.45) is 0 Å². The SMILES string of the molecule is O=C1NC(=S)N(C2CCC(Cl)CC2)C(=O)/C1=C\C1CCC([N+](=O)[O-])O1. The summed E-state index contributed by atoms with van der Waals surface area (Å²) in [6.07, 6.45) is 3.27. The van der Waals surface area contributed by atoms with Gasteiger partial charge in [-0.15, -0.1) is 11.6 Å². The summed E-state index contributed by atoms with van der Waals surface area (Å²) in [5.74, 6) is -1.06. The van der Waals surface area contributed by atoms with Gasteiger partial charge in [-0.1, -0.05) is 0 Å². The van der Waals surface area contributed by atoms with Gasteiger partial charge in [-0.3, -0.25) is 29.9 Å². The summed E-state index contributed by atoms with van der Waals surface area (Å²) in [7, 11) is 0. The topological polar surface area (TPSA) is 102 Å². The summed E-state index contributed by atoms with van der Waals surface area (Å²) in [5, 5.41) is 13.5. The molecule has 1 saturated carbocycles. The van der Waals surface area contributed by atoms with Crippen LogP contribution in [0, 0.1) is 10.1 Å². The highest BCUT2D eigenvalue weighted by Crippen LogP contribution is 2.29. The van der Waals surface area contributed by atoms with E-state index in [4.69, 9.17) is 28.6 Å². The van der Waals surface area contributed by atoms with E-state index < -0.39 is 29.1 Å². The summed E-state index contributed by atoms with van der Waals surface area (Å²) in [6, 6.07) is -0.102. The average Bonchev–Trinajstić information content (AvgIpc) is 3.02. The Labute approximate surface area is 154 Å². The Morgan fingerprint density at radius 2 is 1.92 bits per heavy atom. The number of nitrogens with one attached hydrogen (secondary N) is 1. The molecule has 0 bridgehead atoms. The van der Waals surface area contributed by atoms with Gasteiger partial charge in [0.25, 0.3) is 11.8 Å². The average molecular weight is 388 g/mol. The van der Waals surface area contributed by atoms with Gasteiger partial charge in [0.1, 0.15) is 5.57 Å². The number of rotatable bonds is 3. The highest BCUT2D eigenvalue weighted by molar-refractivity contribution is 7.80. The monoisotopic (exact) mass is 387 g/mol. The lowest BCUT2D eigenvalue weighted by molar-refractivity contribution is -0.570. The molecule has 2 saturated heterocycles. The Morgan fingerprint density at radius 3 is 2.52 bits per heavy atom. The van der Waals surface area contributed by atoms with Gasteiger partial charge < -0.3 is 4.74 Å². The second kappa shape index (κ2) is 7.35. The van der Waals surface area contributed by atoms with Gasteiger partial charge in [-0.25, -0.2) is 0 Å². The molecule has 1 aliphatic carbocycles. The molecular formula is C15H18ClN3O5S. The minimum absolute atomic E-state index is 0.0735. The van der Waals surface area contributed by atoms with Crippen LogP contribution < -0.4 is 5.32 Å². The van der Waals surface area contributed by atoms with Crippen molar-refractivity contribution < 1.29 is 19.2 Å². The highest BCUT2D eigenvalue weighted by atomic mass is 35.5. The van der Waals surface area contributed by atoms with Crippen LogP contribution in [0.2, 0.25) is 0 Å². The number of nitrogens with zero attached hydrogens (tertiary/aromatic N) is 2. The maximum Gasteiger partial charge on any atom is 0.316 e. The van der Waals surface area contributed by atoms with Crippen molar-refractivity contribution in [2.75, 3.05) is 0 Å². The molecule has 3 fully saturated rings. The van der Waals surface area contributed by atoms with Crippen LogP contribution in [-0.4, -0.2) is 50.5 Å². The zero-order valence-corrected chi connectivity index (χ0v) is 14.9. The van der Waals surface area contributed by atoms with Crippen LogP contribution in [-0.2, 0) is 14.3 Å². The third kappa shape index (κ3) is 3.83. The van der Waals surface area contributed by atoms with E-state index in [1.54, 1.807) is 0 Å². The molecule has 2 atom stereocenters. The van der Waals surface area contributed by atoms with Gasteiger partial charge in [-0.2, -0.15) is 0 Å². The van der Waals surface area contributed by atoms with Crippen LogP contribution in [0.5, 0.6) is 0 Å². The smallest absolute Gasteiger partial charge is 0.310 e. The van der Waals surface area contributed by atoms with Crippen LogP contribution in [0.4, 0.5) is 0 Å². The molecule has 1 N–H and O–H groups in total. The van der Waals surface area contributed by atoms with E-state index in [1.807, 2.05) is 0 Å². The summed E-state index contributed by atoms with van der Waals surface area (Å²) in [5.41, 5.74) is -0.0735. The van der Waals surface area contributed by atoms with E-state index in [-0.39, 0.29) is 28.5 Å². The second-order valence-corrected chi connectivity index (χ2v) is 7.42. The molecule has 2 heterocycles. The quantitative estimate of drug-likeness (QED) is 0.196. The number of ether oxygens (including phenoxy) is 1. The number of nitro groups is 1. The van der Waals surface area contributed by atoms with Gasteiger partial charge >= 0.3 is 6.23 Å². The van der Waals surface area contributed by atoms with Gasteiger partial charge in [-0.05, 0) is 50.4 Å². The maximum absolute atomic E-state index is 12.8. The Balaban J connectivity index is 1.76. The third-order valence-corrected chi connectivity index (χ3v) is 5.48. The molecule has 0 aromatic carbocycles. The van der Waals surface area contributed by atoms with Crippen LogP contribution in [0.1, 0.15) is 38.5 Å². The van der Waals surface area contributed by atoms with E-state index in [0.717, 1.165) is 12.8 Å². The first-order valence-corrected chi connectivity index (χ1v) is 9.05. The molecule has 25 heavy (non-hydrogen) atoms. The van der Waals surface area contributed by atoms with Gasteiger partial charge in [0.05, 0.1) is 11.0 Å². The van der Waals surface area contributed by atoms with Crippen molar-refractivity contribution in [3.8, 4) is 0 Å². The van der Waals surface area contributed by atoms with Crippen LogP contribution in [0.3, 0.4) is 0 Å². The zero-order valence-electron chi connectivity index (χ0n) is 13.4. The minimum Gasteiger partial charge on any atom is -0.310 e. The van der Waals surface area contributed by atoms with Crippen molar-refractivity contribution >= 4 is 40.7 Å². The Hall–Kier alpha value is -1.58. The molecule has 0 aromatic rings. The fourth-order valence-corrected chi connectivity index (χ4v) is 4.00. The third-order valence-electron chi connectivity index (χ3n) is 4.74. The maximum atomic E-state index is 12.8. The number of carbonyl (C=O) groups is 2. The molecule has 136 valence electrons. The molecule has 0 aromatic heterocycles. The molecule has 2 unspecified atom stereocenters. The largest absolute Gasteiger partial charge is 0.316 e. The zero-order chi connectivity index (χ0) is 18.1. The van der Waals surface area contributed by atoms with Gasteiger partial charge in [0.2, 0.25) is 0 Å². The Bertz CT molecular complexity index is 647. The first-order chi connectivity index (χ1) is 11.9. The van der Waals surface area contributed by atoms with Crippen LogP contribution >= 0.6 is 23.8 Å². The Kier molecular flexibility index (Phi) is 5.35. The lowest BCUT2D eigenvalue weighted by Crippen LogP contribution is -2.58. The normalized spacial score (nSPS) is 35.2. The molecule has 10 heteroatoms. The number of amides is 2. The van der Waals surface area contributed by atoms with Crippen molar-refractivity contribution in [3.63, 3.8) is 0 Å². The fraction of sp³-hybridized carbons (Fsp3) is 0.667. The molecule has 2 aliphatic heterocycles. The summed E-state index contributed by atoms with van der Waals surface area (Å²) in [4.78, 5) is 36.7. The van der Waals surface area contributed by atoms with E-state index in [0.29, 0.717) is 19.3 Å². The molecule has 0 spiro atoms. The molecule has 2 amide bonds. The number of thiocarbonyl (C=S) groups is 1. The molecule has 3 rings (SSSR count). The molecule has 0 radical (unpaired) electrons. The second-order valence-electron chi connectivity index (χ2n) is 6.41. The molecular weight excluding hydrogens is 370 g/mol. The van der Waals surface area contributed by atoms with Crippen LogP contribution in [0.15, 0.2) is 11.6 Å². The number of alkyl halides is 1. The first kappa shape index (κ1) is 18.2. The lowest BCUT2D eigenvalue weighted by atomic mass is 9.93. The predicted molar refractivity (Wildman–Crippen MR) is 92.5 cm³/mol. The summed E-state index contributed by atoms with van der Waals surface area (Å²) < 4.78 is 5.27.